The predicted molar refractivity (Wildman–Crippen MR) is 143 cm³/mol. The van der Waals surface area contributed by atoms with Crippen molar-refractivity contribution in [1.29, 1.82) is 0 Å². The second-order valence-electron chi connectivity index (χ2n) is 8.15. The van der Waals surface area contributed by atoms with Crippen LogP contribution in [0.2, 0.25) is 5.02 Å². The highest BCUT2D eigenvalue weighted by Crippen LogP contribution is 2.28. The van der Waals surface area contributed by atoms with Gasteiger partial charge >= 0.3 is 0 Å². The molecule has 0 saturated carbocycles. The zero-order valence-corrected chi connectivity index (χ0v) is 21.2. The van der Waals surface area contributed by atoms with Crippen LogP contribution < -0.4 is 14.4 Å². The van der Waals surface area contributed by atoms with E-state index in [-0.39, 0.29) is 24.0 Å². The normalized spacial score (nSPS) is 11.1. The molecule has 4 aromatic rings. The molecule has 0 spiro atoms. The van der Waals surface area contributed by atoms with Gasteiger partial charge in [0.25, 0.3) is 15.9 Å². The first-order chi connectivity index (χ1) is 17.3. The summed E-state index contributed by atoms with van der Waals surface area (Å²) >= 11 is 5.94. The molecule has 0 fully saturated rings. The number of carbonyl (C=O) groups excluding carboxylic acids is 1. The fourth-order valence-corrected chi connectivity index (χ4v) is 5.17. The number of hydrogen-bond acceptors (Lipinski definition) is 4. The number of hydrogen-bond donors (Lipinski definition) is 1. The molecule has 4 rings (SSSR count). The Bertz CT molecular complexity index is 1420. The Hall–Kier alpha value is -3.81. The number of benzene rings is 4. The number of nitrogens with zero attached hydrogens (tertiary/aromatic N) is 1. The molecule has 0 atom stereocenters. The van der Waals surface area contributed by atoms with Crippen molar-refractivity contribution in [2.24, 2.45) is 0 Å². The quantitative estimate of drug-likeness (QED) is 0.291. The molecule has 0 unspecified atom stereocenters. The van der Waals surface area contributed by atoms with Crippen molar-refractivity contribution in [3.8, 4) is 5.75 Å². The summed E-state index contributed by atoms with van der Waals surface area (Å²) in [5, 5.41) is 3.23. The number of halogens is 1. The highest BCUT2D eigenvalue weighted by atomic mass is 35.5. The molecule has 0 aromatic heterocycles. The van der Waals surface area contributed by atoms with Crippen molar-refractivity contribution >= 4 is 38.9 Å². The van der Waals surface area contributed by atoms with Crippen molar-refractivity contribution in [3.63, 3.8) is 0 Å². The fraction of sp³-hybridized carbons (Fsp3) is 0.107. The zero-order chi connectivity index (χ0) is 25.5. The number of carbonyl (C=O) groups is 1. The topological polar surface area (TPSA) is 75.7 Å². The lowest BCUT2D eigenvalue weighted by atomic mass is 10.2. The van der Waals surface area contributed by atoms with Gasteiger partial charge in [0, 0.05) is 10.7 Å². The van der Waals surface area contributed by atoms with Crippen LogP contribution >= 0.6 is 11.6 Å². The molecule has 0 aliphatic carbocycles. The smallest absolute Gasteiger partial charge is 0.264 e. The SMILES string of the molecule is Cc1ccc(S(=O)(=O)N(Cc2ccccc2)c2ccc(OCC(=O)Nc3cccc(Cl)c3)cc2)cc1. The van der Waals surface area contributed by atoms with Gasteiger partial charge in [-0.25, -0.2) is 8.42 Å². The molecule has 6 nitrogen and oxygen atoms in total. The number of aryl methyl sites for hydroxylation is 1. The number of ether oxygens (including phenoxy) is 1. The Balaban J connectivity index is 1.51. The minimum atomic E-state index is -3.83. The average molecular weight is 521 g/mol. The van der Waals surface area contributed by atoms with Gasteiger partial charge < -0.3 is 10.1 Å². The largest absolute Gasteiger partial charge is 0.484 e. The van der Waals surface area contributed by atoms with Crippen molar-refractivity contribution in [1.82, 2.24) is 0 Å². The van der Waals surface area contributed by atoms with Crippen LogP contribution in [0.3, 0.4) is 0 Å². The maximum atomic E-state index is 13.6. The first kappa shape index (κ1) is 25.3. The Morgan fingerprint density at radius 3 is 2.25 bits per heavy atom. The van der Waals surface area contributed by atoms with Gasteiger partial charge in [0.2, 0.25) is 0 Å². The van der Waals surface area contributed by atoms with Crippen LogP contribution in [-0.4, -0.2) is 20.9 Å². The predicted octanol–water partition coefficient (Wildman–Crippen LogP) is 6.06. The lowest BCUT2D eigenvalue weighted by Gasteiger charge is -2.25. The molecule has 0 radical (unpaired) electrons. The van der Waals surface area contributed by atoms with E-state index in [4.69, 9.17) is 16.3 Å². The molecular formula is C28H25ClN2O4S. The van der Waals surface area contributed by atoms with Crippen molar-refractivity contribution in [2.75, 3.05) is 16.2 Å². The van der Waals surface area contributed by atoms with Crippen LogP contribution in [0.1, 0.15) is 11.1 Å². The van der Waals surface area contributed by atoms with E-state index >= 15 is 0 Å². The summed E-state index contributed by atoms with van der Waals surface area (Å²) in [7, 11) is -3.83. The van der Waals surface area contributed by atoms with Gasteiger partial charge in [-0.05, 0) is 67.1 Å². The van der Waals surface area contributed by atoms with Crippen molar-refractivity contribution in [3.05, 3.63) is 119 Å². The summed E-state index contributed by atoms with van der Waals surface area (Å²) in [6, 6.07) is 29.6. The molecule has 0 aliphatic rings. The summed E-state index contributed by atoms with van der Waals surface area (Å²) < 4.78 is 34.1. The Morgan fingerprint density at radius 1 is 0.889 bits per heavy atom. The molecule has 0 bridgehead atoms. The van der Waals surface area contributed by atoms with Crippen LogP contribution in [0, 0.1) is 6.92 Å². The van der Waals surface area contributed by atoms with Gasteiger partial charge in [-0.15, -0.1) is 0 Å². The van der Waals surface area contributed by atoms with Gasteiger partial charge in [-0.3, -0.25) is 9.10 Å². The average Bonchev–Trinajstić information content (AvgIpc) is 2.87. The summed E-state index contributed by atoms with van der Waals surface area (Å²) in [5.41, 5.74) is 2.88. The van der Waals surface area contributed by atoms with E-state index in [2.05, 4.69) is 5.32 Å². The van der Waals surface area contributed by atoms with Crippen molar-refractivity contribution < 1.29 is 17.9 Å². The maximum Gasteiger partial charge on any atom is 0.264 e. The van der Waals surface area contributed by atoms with Gasteiger partial charge in [0.15, 0.2) is 6.61 Å². The van der Waals surface area contributed by atoms with E-state index in [0.29, 0.717) is 22.1 Å². The molecule has 0 saturated heterocycles. The molecule has 1 amide bonds. The third kappa shape index (κ3) is 6.44. The van der Waals surface area contributed by atoms with Crippen LogP contribution in [0.4, 0.5) is 11.4 Å². The summed E-state index contributed by atoms with van der Waals surface area (Å²) in [6.45, 7) is 1.87. The van der Waals surface area contributed by atoms with Crippen LogP contribution in [-0.2, 0) is 21.4 Å². The number of anilines is 2. The van der Waals surface area contributed by atoms with Crippen LogP contribution in [0.25, 0.3) is 0 Å². The monoisotopic (exact) mass is 520 g/mol. The van der Waals surface area contributed by atoms with E-state index in [0.717, 1.165) is 11.1 Å². The van der Waals surface area contributed by atoms with Crippen LogP contribution in [0.5, 0.6) is 5.75 Å². The minimum absolute atomic E-state index is 0.166. The highest BCUT2D eigenvalue weighted by Gasteiger charge is 2.25. The standard InChI is InChI=1S/C28H25ClN2O4S/c1-21-10-16-27(17-11-21)36(33,34)31(19-22-6-3-2-4-7-22)25-12-14-26(15-13-25)35-20-28(32)30-24-9-5-8-23(29)18-24/h2-18H,19-20H2,1H3,(H,30,32). The fourth-order valence-electron chi connectivity index (χ4n) is 3.52. The second-order valence-corrected chi connectivity index (χ2v) is 10.5. The first-order valence-corrected chi connectivity index (χ1v) is 13.0. The van der Waals surface area contributed by atoms with Gasteiger partial charge in [0.05, 0.1) is 17.1 Å². The highest BCUT2D eigenvalue weighted by molar-refractivity contribution is 7.92. The van der Waals surface area contributed by atoms with Crippen molar-refractivity contribution in [2.45, 2.75) is 18.4 Å². The minimum Gasteiger partial charge on any atom is -0.484 e. The van der Waals surface area contributed by atoms with Gasteiger partial charge in [-0.2, -0.15) is 0 Å². The number of amides is 1. The van der Waals surface area contributed by atoms with E-state index in [9.17, 15) is 13.2 Å². The molecule has 1 N–H and O–H groups in total. The second kappa shape index (κ2) is 11.3. The Morgan fingerprint density at radius 2 is 1.58 bits per heavy atom. The molecule has 0 aliphatic heterocycles. The summed E-state index contributed by atoms with van der Waals surface area (Å²) in [6.07, 6.45) is 0. The Kier molecular flexibility index (Phi) is 7.93. The third-order valence-electron chi connectivity index (χ3n) is 5.38. The lowest BCUT2D eigenvalue weighted by Crippen LogP contribution is -2.30. The molecular weight excluding hydrogens is 496 g/mol. The van der Waals surface area contributed by atoms with Crippen LogP contribution in [0.15, 0.2) is 108 Å². The van der Waals surface area contributed by atoms with E-state index in [1.807, 2.05) is 37.3 Å². The van der Waals surface area contributed by atoms with E-state index in [1.54, 1.807) is 72.8 Å². The van der Waals surface area contributed by atoms with Gasteiger partial charge in [0.1, 0.15) is 5.75 Å². The lowest BCUT2D eigenvalue weighted by molar-refractivity contribution is -0.118. The molecule has 184 valence electrons. The molecule has 36 heavy (non-hydrogen) atoms. The third-order valence-corrected chi connectivity index (χ3v) is 7.40. The Labute approximate surface area is 216 Å². The maximum absolute atomic E-state index is 13.6. The molecule has 4 aromatic carbocycles. The number of nitrogens with one attached hydrogen (secondary N) is 1. The van der Waals surface area contributed by atoms with Gasteiger partial charge in [-0.1, -0.05) is 65.7 Å². The molecule has 8 heteroatoms. The summed E-state index contributed by atoms with van der Waals surface area (Å²) in [5.74, 6) is 0.0985. The van der Waals surface area contributed by atoms with E-state index in [1.165, 1.54) is 4.31 Å². The number of rotatable bonds is 9. The van der Waals surface area contributed by atoms with E-state index < -0.39 is 10.0 Å². The summed E-state index contributed by atoms with van der Waals surface area (Å²) in [4.78, 5) is 12.4. The zero-order valence-electron chi connectivity index (χ0n) is 19.6. The molecule has 0 heterocycles. The number of sulfonamides is 1. The first-order valence-electron chi connectivity index (χ1n) is 11.2.